The van der Waals surface area contributed by atoms with Gasteiger partial charge >= 0.3 is 6.18 Å². The first-order chi connectivity index (χ1) is 24.9. The van der Waals surface area contributed by atoms with Crippen molar-refractivity contribution in [2.45, 2.75) is 57.2 Å². The Bertz CT molecular complexity index is 2010. The average Bonchev–Trinajstić information content (AvgIpc) is 3.89. The smallest absolute Gasteiger partial charge is 0.422 e. The number of rotatable bonds is 8. The van der Waals surface area contributed by atoms with Crippen molar-refractivity contribution in [2.24, 2.45) is 5.41 Å². The SMILES string of the molecule is C=CC(=O)N1CC2(CCN(c3nc(N4COCC[C@@H](N(C)C)C4)nc4c(OCC(F)(F)F)c(-c5c(C)ccc6[nH]ncc56)c(C5CC5)cc34)CC2)C1. The molecule has 0 bridgehead atoms. The van der Waals surface area contributed by atoms with Gasteiger partial charge in [-0.2, -0.15) is 23.3 Å². The number of benzene rings is 2. The maximum atomic E-state index is 14.1. The minimum absolute atomic E-state index is 0.0342. The quantitative estimate of drug-likeness (QED) is 0.219. The number of likely N-dealkylation sites (N-methyl/N-ethyl adjacent to an activating group) is 1. The van der Waals surface area contributed by atoms with Crippen molar-refractivity contribution in [1.82, 2.24) is 30.0 Å². The van der Waals surface area contributed by atoms with Crippen LogP contribution in [-0.2, 0) is 9.53 Å². The van der Waals surface area contributed by atoms with Gasteiger partial charge in [0, 0.05) is 60.5 Å². The topological polar surface area (TPSA) is 103 Å². The molecule has 5 heterocycles. The molecule has 1 amide bonds. The van der Waals surface area contributed by atoms with Crippen LogP contribution in [-0.4, -0.2) is 115 Å². The fourth-order valence-electron chi connectivity index (χ4n) is 8.25. The van der Waals surface area contributed by atoms with Gasteiger partial charge in [0.15, 0.2) is 12.4 Å². The van der Waals surface area contributed by atoms with Gasteiger partial charge in [-0.1, -0.05) is 12.6 Å². The third-order valence-corrected chi connectivity index (χ3v) is 11.4. The predicted molar refractivity (Wildman–Crippen MR) is 194 cm³/mol. The highest BCUT2D eigenvalue weighted by molar-refractivity contribution is 6.06. The summed E-state index contributed by atoms with van der Waals surface area (Å²) >= 11 is 0. The number of ether oxygens (including phenoxy) is 2. The minimum Gasteiger partial charge on any atom is -0.481 e. The molecule has 4 fully saturated rings. The summed E-state index contributed by atoms with van der Waals surface area (Å²) in [4.78, 5) is 30.8. The highest BCUT2D eigenvalue weighted by atomic mass is 19.4. The van der Waals surface area contributed by atoms with E-state index in [0.29, 0.717) is 67.6 Å². The van der Waals surface area contributed by atoms with Crippen LogP contribution in [0.2, 0.25) is 0 Å². The molecule has 1 spiro atoms. The predicted octanol–water partition coefficient (Wildman–Crippen LogP) is 6.03. The van der Waals surface area contributed by atoms with Gasteiger partial charge in [0.05, 0.1) is 18.3 Å². The number of H-pyrrole nitrogens is 1. The van der Waals surface area contributed by atoms with Crippen molar-refractivity contribution >= 4 is 39.5 Å². The number of carbonyl (C=O) groups excluding carboxylic acids is 1. The van der Waals surface area contributed by atoms with E-state index in [1.807, 2.05) is 43.0 Å². The summed E-state index contributed by atoms with van der Waals surface area (Å²) < 4.78 is 54.3. The molecule has 4 aromatic rings. The summed E-state index contributed by atoms with van der Waals surface area (Å²) in [6, 6.07) is 6.17. The van der Waals surface area contributed by atoms with Crippen LogP contribution in [0.3, 0.4) is 0 Å². The third-order valence-electron chi connectivity index (χ3n) is 11.4. The number of amides is 1. The summed E-state index contributed by atoms with van der Waals surface area (Å²) in [6.07, 6.45) is 2.91. The maximum Gasteiger partial charge on any atom is 0.422 e. The molecule has 52 heavy (non-hydrogen) atoms. The maximum absolute atomic E-state index is 14.1. The van der Waals surface area contributed by atoms with Gasteiger partial charge in [-0.25, -0.2) is 4.98 Å². The third kappa shape index (κ3) is 6.44. The van der Waals surface area contributed by atoms with E-state index in [4.69, 9.17) is 19.4 Å². The molecule has 11 nitrogen and oxygen atoms in total. The van der Waals surface area contributed by atoms with E-state index in [1.54, 1.807) is 6.20 Å². The number of nitrogens with zero attached hydrogens (tertiary/aromatic N) is 7. The average molecular weight is 719 g/mol. The number of alkyl halides is 3. The van der Waals surface area contributed by atoms with Crippen LogP contribution in [0.1, 0.15) is 49.1 Å². The summed E-state index contributed by atoms with van der Waals surface area (Å²) in [5.74, 6) is 1.30. The van der Waals surface area contributed by atoms with Gasteiger partial charge in [0.2, 0.25) is 11.9 Å². The largest absolute Gasteiger partial charge is 0.481 e. The molecule has 1 aliphatic carbocycles. The summed E-state index contributed by atoms with van der Waals surface area (Å²) in [5.41, 5.74) is 4.45. The van der Waals surface area contributed by atoms with Crippen LogP contribution in [0, 0.1) is 12.3 Å². The lowest BCUT2D eigenvalue weighted by Gasteiger charge is -2.54. The second-order valence-corrected chi connectivity index (χ2v) is 15.2. The number of carbonyl (C=O) groups is 1. The second kappa shape index (κ2) is 13.2. The first kappa shape index (κ1) is 34.6. The molecule has 2 aromatic carbocycles. The standard InChI is InChI=1S/C38H45F3N8O3/c1-5-30(50)49-19-37(20-49)11-13-47(14-12-37)35-27-16-26(24-7-8-24)32(31-23(2)6-9-29-28(31)17-42-45-29)34(52-21-38(39,40)41)33(27)43-36(44-35)48-18-25(46(3)4)10-15-51-22-48/h5-6,9,16-17,24-25H,1,7-8,10-15,18-22H2,2-4H3,(H,42,45)/t25-/m1/s1. The zero-order valence-corrected chi connectivity index (χ0v) is 29.9. The zero-order valence-electron chi connectivity index (χ0n) is 29.9. The van der Waals surface area contributed by atoms with Gasteiger partial charge < -0.3 is 29.1 Å². The van der Waals surface area contributed by atoms with Crippen LogP contribution in [0.4, 0.5) is 24.9 Å². The number of fused-ring (bicyclic) bond motifs is 2. The van der Waals surface area contributed by atoms with E-state index >= 15 is 0 Å². The molecule has 14 heteroatoms. The van der Waals surface area contributed by atoms with Gasteiger partial charge in [0.1, 0.15) is 18.1 Å². The molecule has 4 aliphatic rings. The molecule has 3 saturated heterocycles. The lowest BCUT2D eigenvalue weighted by molar-refractivity contribution is -0.153. The molecular weight excluding hydrogens is 673 g/mol. The number of anilines is 2. The van der Waals surface area contributed by atoms with Crippen molar-refractivity contribution in [3.63, 3.8) is 0 Å². The molecular formula is C38H45F3N8O3. The highest BCUT2D eigenvalue weighted by Gasteiger charge is 2.47. The number of hydrogen-bond acceptors (Lipinski definition) is 9. The zero-order chi connectivity index (χ0) is 36.4. The Labute approximate surface area is 300 Å². The van der Waals surface area contributed by atoms with E-state index in [1.165, 1.54) is 6.08 Å². The first-order valence-electron chi connectivity index (χ1n) is 18.1. The lowest BCUT2D eigenvalue weighted by Crippen LogP contribution is -2.61. The van der Waals surface area contributed by atoms with E-state index < -0.39 is 12.8 Å². The van der Waals surface area contributed by atoms with Crippen LogP contribution in [0.15, 0.2) is 37.1 Å². The van der Waals surface area contributed by atoms with E-state index in [9.17, 15) is 18.0 Å². The van der Waals surface area contributed by atoms with Crippen molar-refractivity contribution in [3.05, 3.63) is 48.2 Å². The normalized spacial score (nSPS) is 20.8. The Hall–Kier alpha value is -4.43. The molecule has 8 rings (SSSR count). The van der Waals surface area contributed by atoms with Crippen LogP contribution < -0.4 is 14.5 Å². The van der Waals surface area contributed by atoms with Gasteiger partial charge in [-0.05, 0) is 93.9 Å². The van der Waals surface area contributed by atoms with Crippen molar-refractivity contribution in [2.75, 3.05) is 76.6 Å². The Kier molecular flexibility index (Phi) is 8.80. The number of aromatic nitrogens is 4. The van der Waals surface area contributed by atoms with Gasteiger partial charge in [0.25, 0.3) is 0 Å². The Morgan fingerprint density at radius 3 is 2.58 bits per heavy atom. The molecule has 1 saturated carbocycles. The number of likely N-dealkylation sites (tertiary alicyclic amines) is 1. The van der Waals surface area contributed by atoms with Gasteiger partial charge in [-0.15, -0.1) is 0 Å². The molecule has 1 N–H and O–H groups in total. The Balaban J connectivity index is 1.32. The monoisotopic (exact) mass is 718 g/mol. The lowest BCUT2D eigenvalue weighted by atomic mass is 9.72. The molecule has 0 radical (unpaired) electrons. The fourth-order valence-corrected chi connectivity index (χ4v) is 8.25. The molecule has 1 atom stereocenters. The Morgan fingerprint density at radius 1 is 1.12 bits per heavy atom. The first-order valence-corrected chi connectivity index (χ1v) is 18.1. The van der Waals surface area contributed by atoms with Crippen LogP contribution >= 0.6 is 0 Å². The number of hydrogen-bond donors (Lipinski definition) is 1. The van der Waals surface area contributed by atoms with Crippen molar-refractivity contribution < 1.29 is 27.4 Å². The Morgan fingerprint density at radius 2 is 1.88 bits per heavy atom. The summed E-state index contributed by atoms with van der Waals surface area (Å²) in [7, 11) is 4.06. The second-order valence-electron chi connectivity index (χ2n) is 15.2. The summed E-state index contributed by atoms with van der Waals surface area (Å²) in [6.45, 7) is 8.33. The van der Waals surface area contributed by atoms with E-state index in [0.717, 1.165) is 59.7 Å². The number of nitrogens with one attached hydrogen (secondary N) is 1. The molecule has 0 unspecified atom stereocenters. The van der Waals surface area contributed by atoms with E-state index in [2.05, 4.69) is 32.6 Å². The number of halogens is 3. The molecule has 276 valence electrons. The molecule has 3 aliphatic heterocycles. The number of piperidine rings is 1. The number of aromatic amines is 1. The van der Waals surface area contributed by atoms with Crippen LogP contribution in [0.5, 0.6) is 5.75 Å². The van der Waals surface area contributed by atoms with Crippen molar-refractivity contribution in [1.29, 1.82) is 0 Å². The minimum atomic E-state index is -4.57. The number of aryl methyl sites for hydroxylation is 1. The molecule has 2 aromatic heterocycles. The van der Waals surface area contributed by atoms with Crippen LogP contribution in [0.25, 0.3) is 32.9 Å². The fraction of sp³-hybridized carbons (Fsp3) is 0.526. The van der Waals surface area contributed by atoms with Crippen molar-refractivity contribution in [3.8, 4) is 16.9 Å². The summed E-state index contributed by atoms with van der Waals surface area (Å²) in [5, 5.41) is 8.81. The van der Waals surface area contributed by atoms with E-state index in [-0.39, 0.29) is 35.8 Å². The highest BCUT2D eigenvalue weighted by Crippen LogP contribution is 2.53. The van der Waals surface area contributed by atoms with Gasteiger partial charge in [-0.3, -0.25) is 9.89 Å².